The van der Waals surface area contributed by atoms with Crippen molar-refractivity contribution in [2.75, 3.05) is 4.90 Å². The van der Waals surface area contributed by atoms with Crippen molar-refractivity contribution in [3.05, 3.63) is 218 Å². The van der Waals surface area contributed by atoms with Crippen LogP contribution in [-0.4, -0.2) is 4.57 Å². The number of anilines is 3. The Morgan fingerprint density at radius 2 is 0.759 bits per heavy atom. The third-order valence-corrected chi connectivity index (χ3v) is 10.6. The van der Waals surface area contributed by atoms with E-state index in [1.807, 2.05) is 0 Å². The van der Waals surface area contributed by atoms with Crippen molar-refractivity contribution < 1.29 is 0 Å². The monoisotopic (exact) mass is 688 g/mol. The molecule has 0 fully saturated rings. The largest absolute Gasteiger partial charge is 0.310 e. The first-order valence-electron chi connectivity index (χ1n) is 18.5. The summed E-state index contributed by atoms with van der Waals surface area (Å²) in [5, 5.41) is 4.99. The fourth-order valence-corrected chi connectivity index (χ4v) is 7.94. The third kappa shape index (κ3) is 5.62. The Bertz CT molecular complexity index is 2810. The van der Waals surface area contributed by atoms with E-state index in [-0.39, 0.29) is 0 Å². The fraction of sp³-hybridized carbons (Fsp3) is 0. The van der Waals surface area contributed by atoms with Crippen molar-refractivity contribution in [3.63, 3.8) is 0 Å². The van der Waals surface area contributed by atoms with Crippen LogP contribution >= 0.6 is 0 Å². The molecule has 254 valence electrons. The van der Waals surface area contributed by atoms with E-state index in [4.69, 9.17) is 0 Å². The third-order valence-electron chi connectivity index (χ3n) is 10.6. The second-order valence-corrected chi connectivity index (χ2v) is 13.8. The number of nitrogens with zero attached hydrogens (tertiary/aromatic N) is 2. The Labute approximate surface area is 315 Å². The number of aromatic nitrogens is 1. The smallest absolute Gasteiger partial charge is 0.0547 e. The number of hydrogen-bond acceptors (Lipinski definition) is 1. The van der Waals surface area contributed by atoms with Crippen LogP contribution in [0.5, 0.6) is 0 Å². The molecule has 1 heterocycles. The maximum absolute atomic E-state index is 2.46. The van der Waals surface area contributed by atoms with Gasteiger partial charge in [-0.05, 0) is 99.3 Å². The van der Waals surface area contributed by atoms with E-state index < -0.39 is 0 Å². The van der Waals surface area contributed by atoms with E-state index in [2.05, 4.69) is 228 Å². The standard InChI is InChI=1S/C52H36N2/c1-4-14-37(15-5-1)39-24-28-44(29-25-39)53(45-30-26-40(27-31-45)38-16-6-2-7-17-38)46-32-33-51(48(36-46)41-18-8-3-9-19-41)54-50-23-13-12-22-47(50)49-34-42-20-10-11-21-43(42)35-52(49)54/h1-36H. The molecule has 2 nitrogen and oxygen atoms in total. The maximum atomic E-state index is 2.46. The molecule has 1 aromatic heterocycles. The lowest BCUT2D eigenvalue weighted by atomic mass is 10.0. The summed E-state index contributed by atoms with van der Waals surface area (Å²) in [6.07, 6.45) is 0. The van der Waals surface area contributed by atoms with Gasteiger partial charge in [0.25, 0.3) is 0 Å². The van der Waals surface area contributed by atoms with E-state index in [0.29, 0.717) is 0 Å². The SMILES string of the molecule is c1ccc(-c2ccc(N(c3ccc(-c4ccccc4)cc3)c3ccc(-n4c5ccccc5c5cc6ccccc6cc54)c(-c4ccccc4)c3)cc2)cc1. The molecule has 0 aliphatic carbocycles. The van der Waals surface area contributed by atoms with Gasteiger partial charge in [-0.2, -0.15) is 0 Å². The molecule has 0 N–H and O–H groups in total. The zero-order valence-electron chi connectivity index (χ0n) is 29.7. The van der Waals surface area contributed by atoms with E-state index in [1.165, 1.54) is 60.4 Å². The summed E-state index contributed by atoms with van der Waals surface area (Å²) < 4.78 is 2.46. The molecule has 10 aromatic rings. The lowest BCUT2D eigenvalue weighted by Gasteiger charge is -2.27. The highest BCUT2D eigenvalue weighted by atomic mass is 15.1. The summed E-state index contributed by atoms with van der Waals surface area (Å²) in [5.41, 5.74) is 13.9. The van der Waals surface area contributed by atoms with Gasteiger partial charge in [0, 0.05) is 33.4 Å². The predicted octanol–water partition coefficient (Wildman–Crippen LogP) is 14.4. The van der Waals surface area contributed by atoms with Crippen LogP contribution in [0.15, 0.2) is 218 Å². The number of fused-ring (bicyclic) bond motifs is 4. The molecular formula is C52H36N2. The van der Waals surface area contributed by atoms with Crippen LogP contribution in [0.2, 0.25) is 0 Å². The van der Waals surface area contributed by atoms with E-state index >= 15 is 0 Å². The van der Waals surface area contributed by atoms with Gasteiger partial charge >= 0.3 is 0 Å². The first kappa shape index (κ1) is 31.6. The van der Waals surface area contributed by atoms with Crippen LogP contribution in [0.3, 0.4) is 0 Å². The lowest BCUT2D eigenvalue weighted by molar-refractivity contribution is 1.18. The van der Waals surface area contributed by atoms with Crippen molar-refractivity contribution in [1.82, 2.24) is 4.57 Å². The highest BCUT2D eigenvalue weighted by Gasteiger charge is 2.20. The second-order valence-electron chi connectivity index (χ2n) is 13.8. The average Bonchev–Trinajstić information content (AvgIpc) is 3.57. The Balaban J connectivity index is 1.18. The van der Waals surface area contributed by atoms with Gasteiger partial charge in [0.05, 0.1) is 16.7 Å². The molecule has 0 bridgehead atoms. The van der Waals surface area contributed by atoms with Gasteiger partial charge in [-0.15, -0.1) is 0 Å². The van der Waals surface area contributed by atoms with Gasteiger partial charge in [-0.25, -0.2) is 0 Å². The van der Waals surface area contributed by atoms with Crippen LogP contribution in [-0.2, 0) is 0 Å². The van der Waals surface area contributed by atoms with Crippen molar-refractivity contribution in [2.45, 2.75) is 0 Å². The Morgan fingerprint density at radius 1 is 0.296 bits per heavy atom. The van der Waals surface area contributed by atoms with Gasteiger partial charge in [0.1, 0.15) is 0 Å². The molecule has 0 saturated heterocycles. The summed E-state index contributed by atoms with van der Waals surface area (Å²) >= 11 is 0. The van der Waals surface area contributed by atoms with Gasteiger partial charge < -0.3 is 9.47 Å². The van der Waals surface area contributed by atoms with Crippen molar-refractivity contribution in [3.8, 4) is 39.1 Å². The molecule has 0 radical (unpaired) electrons. The molecule has 0 saturated carbocycles. The lowest BCUT2D eigenvalue weighted by Crippen LogP contribution is -2.10. The molecule has 0 aliphatic heterocycles. The summed E-state index contributed by atoms with van der Waals surface area (Å²) in [5.74, 6) is 0. The summed E-state index contributed by atoms with van der Waals surface area (Å²) in [7, 11) is 0. The van der Waals surface area contributed by atoms with Crippen molar-refractivity contribution in [2.24, 2.45) is 0 Å². The minimum Gasteiger partial charge on any atom is -0.310 e. The average molecular weight is 689 g/mol. The van der Waals surface area contributed by atoms with Crippen LogP contribution in [0.1, 0.15) is 0 Å². The molecule has 54 heavy (non-hydrogen) atoms. The quantitative estimate of drug-likeness (QED) is 0.162. The number of benzene rings is 9. The van der Waals surface area contributed by atoms with E-state index in [1.54, 1.807) is 0 Å². The topological polar surface area (TPSA) is 8.17 Å². The Kier molecular flexibility index (Phi) is 7.85. The Morgan fingerprint density at radius 3 is 1.35 bits per heavy atom. The minimum absolute atomic E-state index is 1.09. The molecule has 0 aliphatic rings. The normalized spacial score (nSPS) is 11.3. The van der Waals surface area contributed by atoms with Gasteiger partial charge in [0.15, 0.2) is 0 Å². The highest BCUT2D eigenvalue weighted by Crippen LogP contribution is 2.43. The first-order valence-corrected chi connectivity index (χ1v) is 18.5. The molecule has 0 atom stereocenters. The fourth-order valence-electron chi connectivity index (χ4n) is 7.94. The summed E-state index contributed by atoms with van der Waals surface area (Å²) in [6, 6.07) is 78.9. The summed E-state index contributed by atoms with van der Waals surface area (Å²) in [6.45, 7) is 0. The summed E-state index contributed by atoms with van der Waals surface area (Å²) in [4.78, 5) is 2.37. The van der Waals surface area contributed by atoms with Crippen LogP contribution < -0.4 is 4.90 Å². The van der Waals surface area contributed by atoms with E-state index in [9.17, 15) is 0 Å². The molecule has 0 amide bonds. The molecule has 9 aromatic carbocycles. The predicted molar refractivity (Wildman–Crippen MR) is 229 cm³/mol. The highest BCUT2D eigenvalue weighted by molar-refractivity contribution is 6.14. The molecule has 0 spiro atoms. The van der Waals surface area contributed by atoms with Gasteiger partial charge in [0.2, 0.25) is 0 Å². The zero-order valence-corrected chi connectivity index (χ0v) is 29.7. The van der Waals surface area contributed by atoms with Gasteiger partial charge in [-0.3, -0.25) is 0 Å². The number of para-hydroxylation sites is 1. The molecule has 2 heteroatoms. The van der Waals surface area contributed by atoms with Crippen molar-refractivity contribution >= 4 is 49.6 Å². The van der Waals surface area contributed by atoms with Crippen LogP contribution in [0, 0.1) is 0 Å². The number of rotatable bonds is 7. The molecular weight excluding hydrogens is 653 g/mol. The van der Waals surface area contributed by atoms with E-state index in [0.717, 1.165) is 28.3 Å². The molecule has 10 rings (SSSR count). The molecule has 0 unspecified atom stereocenters. The zero-order chi connectivity index (χ0) is 35.8. The number of hydrogen-bond donors (Lipinski definition) is 0. The van der Waals surface area contributed by atoms with Crippen LogP contribution in [0.4, 0.5) is 17.1 Å². The van der Waals surface area contributed by atoms with Crippen LogP contribution in [0.25, 0.3) is 71.6 Å². The van der Waals surface area contributed by atoms with Crippen molar-refractivity contribution in [1.29, 1.82) is 0 Å². The maximum Gasteiger partial charge on any atom is 0.0547 e. The van der Waals surface area contributed by atoms with Gasteiger partial charge in [-0.1, -0.05) is 158 Å². The second kappa shape index (κ2) is 13.4. The first-order chi connectivity index (χ1) is 26.8. The Hall–Kier alpha value is -7.16. The minimum atomic E-state index is 1.09.